The number of nitrogens with zero attached hydrogens (tertiary/aromatic N) is 5. The highest BCUT2D eigenvalue weighted by Gasteiger charge is 2.19. The number of nitrogens with one attached hydrogen (secondary N) is 1. The van der Waals surface area contributed by atoms with E-state index in [1.54, 1.807) is 4.52 Å². The molecule has 124 valence electrons. The van der Waals surface area contributed by atoms with Gasteiger partial charge in [-0.15, -0.1) is 15.3 Å². The van der Waals surface area contributed by atoms with Crippen molar-refractivity contribution in [2.45, 2.75) is 25.8 Å². The van der Waals surface area contributed by atoms with Gasteiger partial charge in [-0.3, -0.25) is 0 Å². The van der Waals surface area contributed by atoms with Gasteiger partial charge in [-0.05, 0) is 50.6 Å². The van der Waals surface area contributed by atoms with Crippen LogP contribution in [0.1, 0.15) is 30.3 Å². The zero-order valence-electron chi connectivity index (χ0n) is 13.9. The Morgan fingerprint density at radius 1 is 1.04 bits per heavy atom. The summed E-state index contributed by atoms with van der Waals surface area (Å²) in [7, 11) is 0. The Kier molecular flexibility index (Phi) is 4.13. The molecular weight excluding hydrogens is 300 g/mol. The van der Waals surface area contributed by atoms with E-state index in [1.165, 1.54) is 31.5 Å². The Hall–Kier alpha value is -2.47. The summed E-state index contributed by atoms with van der Waals surface area (Å²) in [6.45, 7) is 5.27. The molecule has 6 nitrogen and oxygen atoms in total. The molecule has 6 heteroatoms. The molecule has 1 saturated heterocycles. The minimum atomic E-state index is 0.214. The predicted molar refractivity (Wildman–Crippen MR) is 94.0 cm³/mol. The molecule has 24 heavy (non-hydrogen) atoms. The number of hydrogen-bond donors (Lipinski definition) is 1. The third-order valence-corrected chi connectivity index (χ3v) is 4.58. The number of fused-ring (bicyclic) bond motifs is 1. The molecule has 0 bridgehead atoms. The number of rotatable bonds is 5. The summed E-state index contributed by atoms with van der Waals surface area (Å²) in [5, 5.41) is 16.4. The van der Waals surface area contributed by atoms with Crippen molar-refractivity contribution in [1.82, 2.24) is 24.7 Å². The van der Waals surface area contributed by atoms with Crippen molar-refractivity contribution in [3.05, 3.63) is 53.9 Å². The molecule has 1 aliphatic rings. The summed E-state index contributed by atoms with van der Waals surface area (Å²) in [5.74, 6) is 1.64. The Balaban J connectivity index is 1.60. The molecule has 1 N–H and O–H groups in total. The maximum Gasteiger partial charge on any atom is 0.178 e. The van der Waals surface area contributed by atoms with E-state index in [0.717, 1.165) is 23.8 Å². The van der Waals surface area contributed by atoms with E-state index in [9.17, 15) is 0 Å². The van der Waals surface area contributed by atoms with Gasteiger partial charge in [-0.1, -0.05) is 30.3 Å². The molecule has 2 aromatic heterocycles. The monoisotopic (exact) mass is 322 g/mol. The lowest BCUT2D eigenvalue weighted by molar-refractivity contribution is 0.323. The average Bonchev–Trinajstić information content (AvgIpc) is 3.25. The zero-order chi connectivity index (χ0) is 16.4. The lowest BCUT2D eigenvalue weighted by Crippen LogP contribution is -2.29. The number of likely N-dealkylation sites (tertiary alicyclic amines) is 1. The highest BCUT2D eigenvalue weighted by Crippen LogP contribution is 2.22. The molecule has 0 saturated carbocycles. The normalized spacial score (nSPS) is 16.5. The Labute approximate surface area is 141 Å². The largest absolute Gasteiger partial charge is 0.361 e. The molecule has 0 spiro atoms. The van der Waals surface area contributed by atoms with E-state index >= 15 is 0 Å². The fourth-order valence-corrected chi connectivity index (χ4v) is 3.29. The van der Waals surface area contributed by atoms with Crippen molar-refractivity contribution in [2.75, 3.05) is 25.0 Å². The van der Waals surface area contributed by atoms with Gasteiger partial charge < -0.3 is 10.2 Å². The van der Waals surface area contributed by atoms with Crippen LogP contribution in [0, 0.1) is 6.92 Å². The summed E-state index contributed by atoms with van der Waals surface area (Å²) in [6.07, 6.45) is 2.59. The molecule has 1 unspecified atom stereocenters. The fraction of sp³-hybridized carbons (Fsp3) is 0.389. The van der Waals surface area contributed by atoms with Crippen LogP contribution in [0.5, 0.6) is 0 Å². The van der Waals surface area contributed by atoms with Crippen LogP contribution >= 0.6 is 0 Å². The molecule has 1 aromatic carbocycles. The van der Waals surface area contributed by atoms with Gasteiger partial charge in [0.25, 0.3) is 0 Å². The van der Waals surface area contributed by atoms with Crippen molar-refractivity contribution in [3.8, 4) is 0 Å². The fourth-order valence-electron chi connectivity index (χ4n) is 3.29. The Morgan fingerprint density at radius 2 is 1.83 bits per heavy atom. The first-order valence-corrected chi connectivity index (χ1v) is 8.52. The van der Waals surface area contributed by atoms with Gasteiger partial charge in [-0.2, -0.15) is 4.52 Å². The molecule has 1 aliphatic heterocycles. The third kappa shape index (κ3) is 3.10. The van der Waals surface area contributed by atoms with Gasteiger partial charge in [-0.25, -0.2) is 0 Å². The van der Waals surface area contributed by atoms with E-state index in [4.69, 9.17) is 0 Å². The number of aryl methyl sites for hydroxylation is 1. The van der Waals surface area contributed by atoms with Crippen molar-refractivity contribution in [2.24, 2.45) is 0 Å². The summed E-state index contributed by atoms with van der Waals surface area (Å²) in [5.41, 5.74) is 2.06. The number of aromatic nitrogens is 4. The molecule has 0 aliphatic carbocycles. The van der Waals surface area contributed by atoms with Crippen LogP contribution in [-0.4, -0.2) is 44.3 Å². The topological polar surface area (TPSA) is 58.4 Å². The van der Waals surface area contributed by atoms with Crippen molar-refractivity contribution in [3.63, 3.8) is 0 Å². The van der Waals surface area contributed by atoms with E-state index < -0.39 is 0 Å². The number of hydrogen-bond acceptors (Lipinski definition) is 5. The van der Waals surface area contributed by atoms with Crippen LogP contribution in [0.2, 0.25) is 0 Å². The van der Waals surface area contributed by atoms with E-state index in [0.29, 0.717) is 0 Å². The maximum absolute atomic E-state index is 4.64. The number of anilines is 1. The predicted octanol–water partition coefficient (Wildman–Crippen LogP) is 2.68. The second-order valence-corrected chi connectivity index (χ2v) is 6.35. The highest BCUT2D eigenvalue weighted by atomic mass is 15.4. The van der Waals surface area contributed by atoms with Gasteiger partial charge in [0.15, 0.2) is 11.5 Å². The molecule has 3 heterocycles. The minimum absolute atomic E-state index is 0.214. The Morgan fingerprint density at radius 3 is 2.62 bits per heavy atom. The minimum Gasteiger partial charge on any atom is -0.361 e. The first kappa shape index (κ1) is 15.1. The SMILES string of the molecule is Cc1nnc2ccc(NC(CN3CCCC3)c3ccccc3)nn12. The third-order valence-electron chi connectivity index (χ3n) is 4.58. The van der Waals surface area contributed by atoms with Crippen molar-refractivity contribution in [1.29, 1.82) is 0 Å². The second-order valence-electron chi connectivity index (χ2n) is 6.35. The van der Waals surface area contributed by atoms with Crippen molar-refractivity contribution < 1.29 is 0 Å². The van der Waals surface area contributed by atoms with Crippen LogP contribution in [-0.2, 0) is 0 Å². The molecule has 3 aromatic rings. The van der Waals surface area contributed by atoms with Crippen LogP contribution in [0.25, 0.3) is 5.65 Å². The first-order chi connectivity index (χ1) is 11.8. The smallest absolute Gasteiger partial charge is 0.178 e. The molecule has 1 atom stereocenters. The maximum atomic E-state index is 4.64. The first-order valence-electron chi connectivity index (χ1n) is 8.52. The molecule has 0 radical (unpaired) electrons. The van der Waals surface area contributed by atoms with E-state index in [2.05, 4.69) is 55.8 Å². The highest BCUT2D eigenvalue weighted by molar-refractivity contribution is 5.45. The molecular formula is C18H22N6. The summed E-state index contributed by atoms with van der Waals surface area (Å²) < 4.78 is 1.78. The van der Waals surface area contributed by atoms with Crippen LogP contribution in [0.15, 0.2) is 42.5 Å². The summed E-state index contributed by atoms with van der Waals surface area (Å²) >= 11 is 0. The molecule has 0 amide bonds. The lowest BCUT2D eigenvalue weighted by atomic mass is 10.1. The van der Waals surface area contributed by atoms with Crippen LogP contribution in [0.4, 0.5) is 5.82 Å². The van der Waals surface area contributed by atoms with Crippen molar-refractivity contribution >= 4 is 11.5 Å². The van der Waals surface area contributed by atoms with E-state index in [1.807, 2.05) is 19.1 Å². The van der Waals surface area contributed by atoms with Gasteiger partial charge in [0.05, 0.1) is 6.04 Å². The van der Waals surface area contributed by atoms with Gasteiger partial charge in [0.1, 0.15) is 5.82 Å². The van der Waals surface area contributed by atoms with Gasteiger partial charge in [0.2, 0.25) is 0 Å². The summed E-state index contributed by atoms with van der Waals surface area (Å²) in [6, 6.07) is 14.7. The quantitative estimate of drug-likeness (QED) is 0.782. The molecule has 1 fully saturated rings. The van der Waals surface area contributed by atoms with Gasteiger partial charge >= 0.3 is 0 Å². The lowest BCUT2D eigenvalue weighted by Gasteiger charge is -2.25. The molecule has 4 rings (SSSR count). The van der Waals surface area contributed by atoms with Crippen LogP contribution < -0.4 is 5.32 Å². The van der Waals surface area contributed by atoms with Gasteiger partial charge in [0, 0.05) is 6.54 Å². The number of benzene rings is 1. The zero-order valence-corrected chi connectivity index (χ0v) is 13.9. The summed E-state index contributed by atoms with van der Waals surface area (Å²) in [4.78, 5) is 2.52. The Bertz CT molecular complexity index is 807. The van der Waals surface area contributed by atoms with E-state index in [-0.39, 0.29) is 6.04 Å². The van der Waals surface area contributed by atoms with Crippen LogP contribution in [0.3, 0.4) is 0 Å². The standard InChI is InChI=1S/C18H22N6/c1-14-20-21-18-10-9-17(22-24(14)18)19-16(13-23-11-5-6-12-23)15-7-3-2-4-8-15/h2-4,7-10,16H,5-6,11-13H2,1H3,(H,19,22). The average molecular weight is 322 g/mol. The second kappa shape index (κ2) is 6.57.